The maximum Gasteiger partial charge on any atom is 0.591 e. The van der Waals surface area contributed by atoms with Gasteiger partial charge in [-0.2, -0.15) is 0 Å². The minimum Gasteiger partial charge on any atom is -0.523 e. The van der Waals surface area contributed by atoms with Crippen molar-refractivity contribution in [2.75, 3.05) is 0 Å². The van der Waals surface area contributed by atoms with Crippen LogP contribution in [0.1, 0.15) is 11.1 Å². The van der Waals surface area contributed by atoms with Crippen LogP contribution >= 0.6 is 0 Å². The molecule has 4 rings (SSSR count). The van der Waals surface area contributed by atoms with Gasteiger partial charge in [-0.1, -0.05) is 6.07 Å². The Hall–Kier alpha value is -1.12. The lowest BCUT2D eigenvalue weighted by Crippen LogP contribution is -2.18. The molecule has 0 N–H and O–H groups in total. The molecular weight excluding hydrogens is 139 g/mol. The van der Waals surface area contributed by atoms with E-state index in [1.165, 1.54) is 11.1 Å². The van der Waals surface area contributed by atoms with Crippen molar-refractivity contribution in [1.29, 1.82) is 0 Å². The van der Waals surface area contributed by atoms with Crippen molar-refractivity contribution >= 4 is 7.12 Å². The smallest absolute Gasteiger partial charge is 0.523 e. The van der Waals surface area contributed by atoms with E-state index in [4.69, 9.17) is 9.31 Å². The molecule has 0 saturated heterocycles. The summed E-state index contributed by atoms with van der Waals surface area (Å²) in [6.07, 6.45) is 1.06. The van der Waals surface area contributed by atoms with Gasteiger partial charge in [0.2, 0.25) is 0 Å². The summed E-state index contributed by atoms with van der Waals surface area (Å²) < 4.78 is 10.9. The zero-order valence-corrected chi connectivity index (χ0v) is 6.26. The van der Waals surface area contributed by atoms with Crippen LogP contribution in [0.4, 0.5) is 0 Å². The first-order valence-corrected chi connectivity index (χ1v) is 3.82. The summed E-state index contributed by atoms with van der Waals surface area (Å²) in [7, 11) is -0.0999. The van der Waals surface area contributed by atoms with Gasteiger partial charge in [0, 0.05) is 12.0 Å². The molecule has 0 amide bonds. The molecule has 1 heterocycles. The maximum atomic E-state index is 5.46. The monoisotopic (exact) mass is 146 g/mol. The second-order valence-electron chi connectivity index (χ2n) is 3.06. The topological polar surface area (TPSA) is 18.5 Å². The highest BCUT2D eigenvalue weighted by Crippen LogP contribution is 2.44. The number of hydrogen-bond donors (Lipinski definition) is 0. The minimum absolute atomic E-state index is 0.0999. The Morgan fingerprint density at radius 3 is 2.91 bits per heavy atom. The van der Waals surface area contributed by atoms with Gasteiger partial charge in [0.25, 0.3) is 0 Å². The highest BCUT2D eigenvalue weighted by molar-refractivity contribution is 6.46. The summed E-state index contributed by atoms with van der Waals surface area (Å²) >= 11 is 0. The molecular formula is C8H7BO2. The standard InChI is InChI=1S/C8H7BO2/c1-9-10-7-4-5-2-6(3-5)8(7)11-9/h2,4H,3H2,1H3. The molecule has 11 heavy (non-hydrogen) atoms. The number of benzene rings is 1. The van der Waals surface area contributed by atoms with Gasteiger partial charge >= 0.3 is 7.12 Å². The van der Waals surface area contributed by atoms with Gasteiger partial charge in [0.1, 0.15) is 11.5 Å². The number of rotatable bonds is 0. The lowest BCUT2D eigenvalue weighted by Gasteiger charge is -2.17. The Morgan fingerprint density at radius 1 is 1.36 bits per heavy atom. The van der Waals surface area contributed by atoms with Crippen molar-refractivity contribution in [3.8, 4) is 11.5 Å². The molecule has 0 unspecified atom stereocenters. The fourth-order valence-electron chi connectivity index (χ4n) is 1.64. The van der Waals surface area contributed by atoms with Crippen molar-refractivity contribution in [1.82, 2.24) is 0 Å². The Labute approximate surface area is 65.3 Å². The molecule has 3 aliphatic rings. The van der Waals surface area contributed by atoms with Gasteiger partial charge in [-0.05, 0) is 18.5 Å². The van der Waals surface area contributed by atoms with Crippen LogP contribution in [0.25, 0.3) is 0 Å². The summed E-state index contributed by atoms with van der Waals surface area (Å²) in [5.41, 5.74) is 2.65. The average molecular weight is 146 g/mol. The van der Waals surface area contributed by atoms with Crippen LogP contribution in [0, 0.1) is 0 Å². The molecule has 2 nitrogen and oxygen atoms in total. The van der Waals surface area contributed by atoms with E-state index in [1.54, 1.807) is 0 Å². The van der Waals surface area contributed by atoms with E-state index in [9.17, 15) is 0 Å². The van der Waals surface area contributed by atoms with Crippen molar-refractivity contribution in [2.45, 2.75) is 13.2 Å². The lowest BCUT2D eigenvalue weighted by atomic mass is 9.92. The quantitative estimate of drug-likeness (QED) is 0.524. The third-order valence-corrected chi connectivity index (χ3v) is 2.16. The van der Waals surface area contributed by atoms with Gasteiger partial charge in [-0.3, -0.25) is 0 Å². The average Bonchev–Trinajstić information content (AvgIpc) is 2.23. The SMILES string of the molecule is CB1Oc2cc3cc(c2O1)C3. The van der Waals surface area contributed by atoms with Gasteiger partial charge in [-0.15, -0.1) is 0 Å². The van der Waals surface area contributed by atoms with Crippen molar-refractivity contribution < 1.29 is 9.31 Å². The predicted octanol–water partition coefficient (Wildman–Crippen LogP) is 1.48. The molecule has 0 aromatic heterocycles. The van der Waals surface area contributed by atoms with E-state index in [-0.39, 0.29) is 7.12 Å². The third kappa shape index (κ3) is 0.583. The molecule has 0 spiro atoms. The first-order valence-electron chi connectivity index (χ1n) is 3.82. The van der Waals surface area contributed by atoms with Crippen LogP contribution in [-0.4, -0.2) is 7.12 Å². The molecule has 0 fully saturated rings. The molecule has 3 heteroatoms. The van der Waals surface area contributed by atoms with Crippen LogP contribution in [-0.2, 0) is 6.42 Å². The van der Waals surface area contributed by atoms with Crippen LogP contribution in [0.3, 0.4) is 0 Å². The Kier molecular flexibility index (Phi) is 0.778. The van der Waals surface area contributed by atoms with Crippen LogP contribution in [0.5, 0.6) is 11.5 Å². The van der Waals surface area contributed by atoms with Gasteiger partial charge in [0.05, 0.1) is 0 Å². The zero-order valence-electron chi connectivity index (χ0n) is 6.26. The van der Waals surface area contributed by atoms with Gasteiger partial charge in [0.15, 0.2) is 0 Å². The molecule has 2 aliphatic carbocycles. The summed E-state index contributed by atoms with van der Waals surface area (Å²) in [4.78, 5) is 0. The Morgan fingerprint density at radius 2 is 2.18 bits per heavy atom. The molecule has 0 radical (unpaired) electrons. The van der Waals surface area contributed by atoms with E-state index in [2.05, 4.69) is 12.1 Å². The van der Waals surface area contributed by atoms with Gasteiger partial charge < -0.3 is 9.31 Å². The summed E-state index contributed by atoms with van der Waals surface area (Å²) in [5, 5.41) is 0. The fraction of sp³-hybridized carbons (Fsp3) is 0.250. The highest BCUT2D eigenvalue weighted by atomic mass is 16.6. The van der Waals surface area contributed by atoms with Crippen LogP contribution < -0.4 is 9.31 Å². The molecule has 2 bridgehead atoms. The summed E-state index contributed by atoms with van der Waals surface area (Å²) in [5.74, 6) is 1.89. The molecule has 54 valence electrons. The molecule has 1 aromatic carbocycles. The fourth-order valence-corrected chi connectivity index (χ4v) is 1.64. The Balaban J connectivity index is 2.21. The predicted molar refractivity (Wildman–Crippen MR) is 42.1 cm³/mol. The van der Waals surface area contributed by atoms with Crippen molar-refractivity contribution in [3.05, 3.63) is 23.3 Å². The normalized spacial score (nSPS) is 16.6. The molecule has 0 saturated carbocycles. The third-order valence-electron chi connectivity index (χ3n) is 2.16. The van der Waals surface area contributed by atoms with Crippen molar-refractivity contribution in [3.63, 3.8) is 0 Å². The largest absolute Gasteiger partial charge is 0.591 e. The lowest BCUT2D eigenvalue weighted by molar-refractivity contribution is 0.509. The van der Waals surface area contributed by atoms with E-state index in [1.807, 2.05) is 6.82 Å². The molecule has 1 aromatic rings. The maximum absolute atomic E-state index is 5.46. The zero-order chi connectivity index (χ0) is 7.42. The van der Waals surface area contributed by atoms with E-state index in [0.717, 1.165) is 17.9 Å². The van der Waals surface area contributed by atoms with E-state index in [0.29, 0.717) is 0 Å². The first-order chi connectivity index (χ1) is 5.33. The van der Waals surface area contributed by atoms with E-state index < -0.39 is 0 Å². The minimum atomic E-state index is -0.0999. The molecule has 1 aliphatic heterocycles. The Bertz CT molecular complexity index is 335. The summed E-state index contributed by atoms with van der Waals surface area (Å²) in [6.45, 7) is 1.91. The second kappa shape index (κ2) is 1.55. The van der Waals surface area contributed by atoms with Crippen molar-refractivity contribution in [2.24, 2.45) is 0 Å². The van der Waals surface area contributed by atoms with E-state index >= 15 is 0 Å². The van der Waals surface area contributed by atoms with Crippen LogP contribution in [0.15, 0.2) is 12.1 Å². The number of hydrogen-bond acceptors (Lipinski definition) is 2. The second-order valence-corrected chi connectivity index (χ2v) is 3.06. The summed E-state index contributed by atoms with van der Waals surface area (Å²) in [6, 6.07) is 4.21. The molecule has 0 atom stereocenters. The first kappa shape index (κ1) is 5.52. The van der Waals surface area contributed by atoms with Gasteiger partial charge in [-0.25, -0.2) is 0 Å². The highest BCUT2D eigenvalue weighted by Gasteiger charge is 2.32. The van der Waals surface area contributed by atoms with Crippen LogP contribution in [0.2, 0.25) is 6.82 Å².